The minimum atomic E-state index is 0.255. The second-order valence-corrected chi connectivity index (χ2v) is 4.17. The van der Waals surface area contributed by atoms with E-state index in [1.54, 1.807) is 0 Å². The first-order chi connectivity index (χ1) is 7.28. The van der Waals surface area contributed by atoms with E-state index < -0.39 is 0 Å². The zero-order valence-corrected chi connectivity index (χ0v) is 8.73. The van der Waals surface area contributed by atoms with Crippen LogP contribution in [-0.4, -0.2) is 17.8 Å². The summed E-state index contributed by atoms with van der Waals surface area (Å²) in [6.07, 6.45) is 3.32. The minimum absolute atomic E-state index is 0.255. The molecule has 1 aromatic carbocycles. The third kappa shape index (κ3) is 2.63. The SMILES string of the molecule is Nc1ccc(O[C@H]2CC[C@H](CO)C2)cc1. The fourth-order valence-electron chi connectivity index (χ4n) is 2.04. The third-order valence-corrected chi connectivity index (χ3v) is 2.93. The van der Waals surface area contributed by atoms with Crippen LogP contribution < -0.4 is 10.5 Å². The summed E-state index contributed by atoms with van der Waals surface area (Å²) >= 11 is 0. The number of ether oxygens (including phenoxy) is 1. The zero-order chi connectivity index (χ0) is 10.7. The van der Waals surface area contributed by atoms with Gasteiger partial charge in [0.05, 0.1) is 6.10 Å². The van der Waals surface area contributed by atoms with Gasteiger partial charge in [-0.05, 0) is 49.4 Å². The van der Waals surface area contributed by atoms with Crippen LogP contribution in [0.4, 0.5) is 5.69 Å². The average molecular weight is 207 g/mol. The first kappa shape index (κ1) is 10.3. The lowest BCUT2D eigenvalue weighted by molar-refractivity contribution is 0.183. The Balaban J connectivity index is 1.90. The van der Waals surface area contributed by atoms with Crippen LogP contribution in [-0.2, 0) is 0 Å². The Hall–Kier alpha value is -1.22. The van der Waals surface area contributed by atoms with Crippen molar-refractivity contribution in [3.05, 3.63) is 24.3 Å². The van der Waals surface area contributed by atoms with E-state index >= 15 is 0 Å². The minimum Gasteiger partial charge on any atom is -0.490 e. The predicted molar refractivity (Wildman–Crippen MR) is 59.7 cm³/mol. The molecule has 0 amide bonds. The maximum atomic E-state index is 9.01. The van der Waals surface area contributed by atoms with E-state index in [9.17, 15) is 0 Å². The van der Waals surface area contributed by atoms with E-state index in [0.29, 0.717) is 5.92 Å². The molecule has 3 nitrogen and oxygen atoms in total. The van der Waals surface area contributed by atoms with Crippen molar-refractivity contribution in [1.29, 1.82) is 0 Å². The number of hydrogen-bond donors (Lipinski definition) is 2. The van der Waals surface area contributed by atoms with Gasteiger partial charge in [-0.15, -0.1) is 0 Å². The molecule has 0 heterocycles. The van der Waals surface area contributed by atoms with Crippen LogP contribution in [0.5, 0.6) is 5.75 Å². The van der Waals surface area contributed by atoms with E-state index in [1.165, 1.54) is 0 Å². The van der Waals surface area contributed by atoms with Gasteiger partial charge in [0.1, 0.15) is 5.75 Å². The Morgan fingerprint density at radius 3 is 2.60 bits per heavy atom. The number of aliphatic hydroxyl groups is 1. The summed E-state index contributed by atoms with van der Waals surface area (Å²) in [5.74, 6) is 1.29. The molecule has 0 spiro atoms. The molecule has 3 N–H and O–H groups in total. The van der Waals surface area contributed by atoms with Crippen LogP contribution in [0.2, 0.25) is 0 Å². The molecule has 2 rings (SSSR count). The second-order valence-electron chi connectivity index (χ2n) is 4.17. The lowest BCUT2D eigenvalue weighted by Crippen LogP contribution is -2.13. The van der Waals surface area contributed by atoms with Gasteiger partial charge in [0.15, 0.2) is 0 Å². The van der Waals surface area contributed by atoms with Crippen LogP contribution in [0.15, 0.2) is 24.3 Å². The van der Waals surface area contributed by atoms with Gasteiger partial charge in [0, 0.05) is 12.3 Å². The van der Waals surface area contributed by atoms with Crippen molar-refractivity contribution in [3.8, 4) is 5.75 Å². The van der Waals surface area contributed by atoms with Gasteiger partial charge in [-0.3, -0.25) is 0 Å². The van der Waals surface area contributed by atoms with Crippen LogP contribution >= 0.6 is 0 Å². The zero-order valence-electron chi connectivity index (χ0n) is 8.73. The highest BCUT2D eigenvalue weighted by Crippen LogP contribution is 2.28. The molecule has 0 radical (unpaired) electrons. The van der Waals surface area contributed by atoms with Gasteiger partial charge in [-0.1, -0.05) is 0 Å². The summed E-state index contributed by atoms with van der Waals surface area (Å²) in [6, 6.07) is 7.46. The molecule has 0 aliphatic heterocycles. The third-order valence-electron chi connectivity index (χ3n) is 2.93. The number of benzene rings is 1. The molecule has 0 aromatic heterocycles. The van der Waals surface area contributed by atoms with Gasteiger partial charge in [-0.25, -0.2) is 0 Å². The van der Waals surface area contributed by atoms with Crippen molar-refractivity contribution >= 4 is 5.69 Å². The molecule has 15 heavy (non-hydrogen) atoms. The van der Waals surface area contributed by atoms with E-state index in [2.05, 4.69) is 0 Å². The Morgan fingerprint density at radius 2 is 2.00 bits per heavy atom. The number of hydrogen-bond acceptors (Lipinski definition) is 3. The lowest BCUT2D eigenvalue weighted by atomic mass is 10.1. The average Bonchev–Trinajstić information content (AvgIpc) is 2.69. The Morgan fingerprint density at radius 1 is 1.27 bits per heavy atom. The number of nitrogens with two attached hydrogens (primary N) is 1. The maximum Gasteiger partial charge on any atom is 0.119 e. The quantitative estimate of drug-likeness (QED) is 0.743. The lowest BCUT2D eigenvalue weighted by Gasteiger charge is -2.13. The second kappa shape index (κ2) is 4.53. The van der Waals surface area contributed by atoms with Crippen LogP contribution in [0.3, 0.4) is 0 Å². The Bertz CT molecular complexity index is 310. The van der Waals surface area contributed by atoms with E-state index in [4.69, 9.17) is 15.6 Å². The fourth-order valence-corrected chi connectivity index (χ4v) is 2.04. The van der Waals surface area contributed by atoms with Crippen LogP contribution in [0.1, 0.15) is 19.3 Å². The molecular formula is C12H17NO2. The van der Waals surface area contributed by atoms with Gasteiger partial charge < -0.3 is 15.6 Å². The number of aliphatic hydroxyl groups excluding tert-OH is 1. The summed E-state index contributed by atoms with van der Waals surface area (Å²) in [4.78, 5) is 0. The highest BCUT2D eigenvalue weighted by molar-refractivity contribution is 5.41. The Labute approximate surface area is 89.9 Å². The van der Waals surface area contributed by atoms with Crippen molar-refractivity contribution in [2.75, 3.05) is 12.3 Å². The highest BCUT2D eigenvalue weighted by Gasteiger charge is 2.25. The van der Waals surface area contributed by atoms with E-state index in [-0.39, 0.29) is 12.7 Å². The summed E-state index contributed by atoms with van der Waals surface area (Å²) in [7, 11) is 0. The van der Waals surface area contributed by atoms with Gasteiger partial charge in [0.25, 0.3) is 0 Å². The van der Waals surface area contributed by atoms with Crippen molar-refractivity contribution < 1.29 is 9.84 Å². The van der Waals surface area contributed by atoms with Gasteiger partial charge in [0.2, 0.25) is 0 Å². The van der Waals surface area contributed by atoms with E-state index in [1.807, 2.05) is 24.3 Å². The fraction of sp³-hybridized carbons (Fsp3) is 0.500. The van der Waals surface area contributed by atoms with Crippen molar-refractivity contribution in [2.45, 2.75) is 25.4 Å². The topological polar surface area (TPSA) is 55.5 Å². The molecule has 0 bridgehead atoms. The summed E-state index contributed by atoms with van der Waals surface area (Å²) in [5.41, 5.74) is 6.34. The monoisotopic (exact) mass is 207 g/mol. The molecule has 2 atom stereocenters. The summed E-state index contributed by atoms with van der Waals surface area (Å²) in [5, 5.41) is 9.01. The molecular weight excluding hydrogens is 190 g/mol. The van der Waals surface area contributed by atoms with Crippen LogP contribution in [0.25, 0.3) is 0 Å². The van der Waals surface area contributed by atoms with Crippen molar-refractivity contribution in [1.82, 2.24) is 0 Å². The molecule has 0 saturated heterocycles. The largest absolute Gasteiger partial charge is 0.490 e. The molecule has 0 unspecified atom stereocenters. The molecule has 1 saturated carbocycles. The first-order valence-electron chi connectivity index (χ1n) is 5.41. The summed E-state index contributed by atoms with van der Waals surface area (Å²) in [6.45, 7) is 0.279. The van der Waals surface area contributed by atoms with Gasteiger partial charge >= 0.3 is 0 Å². The smallest absolute Gasteiger partial charge is 0.119 e. The molecule has 3 heteroatoms. The van der Waals surface area contributed by atoms with Crippen molar-refractivity contribution in [3.63, 3.8) is 0 Å². The highest BCUT2D eigenvalue weighted by atomic mass is 16.5. The number of nitrogen functional groups attached to an aromatic ring is 1. The molecule has 1 aliphatic carbocycles. The predicted octanol–water partition coefficient (Wildman–Crippen LogP) is 1.81. The molecule has 1 fully saturated rings. The maximum absolute atomic E-state index is 9.01. The molecule has 1 aliphatic rings. The molecule has 82 valence electrons. The Kier molecular flexibility index (Phi) is 3.11. The first-order valence-corrected chi connectivity index (χ1v) is 5.41. The van der Waals surface area contributed by atoms with Crippen LogP contribution in [0, 0.1) is 5.92 Å². The molecule has 1 aromatic rings. The number of rotatable bonds is 3. The van der Waals surface area contributed by atoms with E-state index in [0.717, 1.165) is 30.7 Å². The normalized spacial score (nSPS) is 25.4. The van der Waals surface area contributed by atoms with Crippen molar-refractivity contribution in [2.24, 2.45) is 5.92 Å². The van der Waals surface area contributed by atoms with Gasteiger partial charge in [-0.2, -0.15) is 0 Å². The summed E-state index contributed by atoms with van der Waals surface area (Å²) < 4.78 is 5.80. The number of anilines is 1. The standard InChI is InChI=1S/C12H17NO2/c13-10-2-5-11(6-3-10)15-12-4-1-9(7-12)8-14/h2-3,5-6,9,12,14H,1,4,7-8,13H2/t9-,12-/m0/s1.